The van der Waals surface area contributed by atoms with Crippen molar-refractivity contribution in [3.8, 4) is 0 Å². The molecule has 2 aromatic rings. The summed E-state index contributed by atoms with van der Waals surface area (Å²) >= 11 is 1.60. The number of nitrogens with zero attached hydrogens (tertiary/aromatic N) is 2. The molecule has 1 aliphatic rings. The molecule has 1 amide bonds. The standard InChI is InChI=1S/C16H20N4OS/c1-10(2)8-14(21)18-16-20(6-7-22-16)15-11(3)4-5-13-12(15)9-17-19-13/h4-7,9-10,16H,8H2,1-3H3,(H,17,19)(H,18,21). The van der Waals surface area contributed by atoms with Crippen molar-refractivity contribution in [1.82, 2.24) is 15.5 Å². The van der Waals surface area contributed by atoms with Crippen molar-refractivity contribution in [3.05, 3.63) is 35.5 Å². The molecule has 116 valence electrons. The highest BCUT2D eigenvalue weighted by molar-refractivity contribution is 8.03. The molecule has 0 radical (unpaired) electrons. The van der Waals surface area contributed by atoms with Crippen molar-refractivity contribution < 1.29 is 4.79 Å². The van der Waals surface area contributed by atoms with E-state index in [1.807, 2.05) is 37.7 Å². The van der Waals surface area contributed by atoms with Crippen LogP contribution < -0.4 is 10.2 Å². The van der Waals surface area contributed by atoms with Gasteiger partial charge in [0.1, 0.15) is 0 Å². The fourth-order valence-electron chi connectivity index (χ4n) is 2.64. The van der Waals surface area contributed by atoms with E-state index in [-0.39, 0.29) is 11.4 Å². The van der Waals surface area contributed by atoms with E-state index < -0.39 is 0 Å². The van der Waals surface area contributed by atoms with Gasteiger partial charge in [-0.05, 0) is 29.9 Å². The largest absolute Gasteiger partial charge is 0.327 e. The zero-order valence-corrected chi connectivity index (χ0v) is 13.8. The normalized spacial score (nSPS) is 17.6. The number of amides is 1. The minimum Gasteiger partial charge on any atom is -0.327 e. The molecule has 0 saturated carbocycles. The maximum Gasteiger partial charge on any atom is 0.222 e. The van der Waals surface area contributed by atoms with Crippen molar-refractivity contribution in [3.63, 3.8) is 0 Å². The highest BCUT2D eigenvalue weighted by Gasteiger charge is 2.26. The number of aromatic amines is 1. The van der Waals surface area contributed by atoms with Crippen LogP contribution >= 0.6 is 11.8 Å². The Labute approximate surface area is 134 Å². The Kier molecular flexibility index (Phi) is 4.11. The Bertz CT molecular complexity index is 722. The zero-order valence-electron chi connectivity index (χ0n) is 13.0. The Morgan fingerprint density at radius 2 is 2.32 bits per heavy atom. The number of anilines is 1. The van der Waals surface area contributed by atoms with Crippen molar-refractivity contribution >= 4 is 34.3 Å². The fraction of sp³-hybridized carbons (Fsp3) is 0.375. The lowest BCUT2D eigenvalue weighted by atomic mass is 10.1. The SMILES string of the molecule is Cc1ccc2[nH]ncc2c1N1C=CSC1NC(=O)CC(C)C. The number of nitrogens with one attached hydrogen (secondary N) is 2. The van der Waals surface area contributed by atoms with Gasteiger partial charge in [0.25, 0.3) is 0 Å². The number of thioether (sulfide) groups is 1. The van der Waals surface area contributed by atoms with Crippen LogP contribution in [-0.4, -0.2) is 21.6 Å². The lowest BCUT2D eigenvalue weighted by molar-refractivity contribution is -0.121. The topological polar surface area (TPSA) is 61.0 Å². The van der Waals surface area contributed by atoms with Gasteiger partial charge < -0.3 is 10.2 Å². The van der Waals surface area contributed by atoms with Crippen molar-refractivity contribution in [2.75, 3.05) is 4.90 Å². The third-order valence-corrected chi connectivity index (χ3v) is 4.50. The Balaban J connectivity index is 1.89. The first-order valence-electron chi connectivity index (χ1n) is 7.39. The van der Waals surface area contributed by atoms with Gasteiger partial charge in [0.2, 0.25) is 5.91 Å². The molecule has 1 aromatic carbocycles. The highest BCUT2D eigenvalue weighted by Crippen LogP contribution is 2.36. The summed E-state index contributed by atoms with van der Waals surface area (Å²) in [6, 6.07) is 4.10. The number of rotatable bonds is 4. The first-order chi connectivity index (χ1) is 10.6. The van der Waals surface area contributed by atoms with Crippen LogP contribution in [0.2, 0.25) is 0 Å². The number of hydrogen-bond acceptors (Lipinski definition) is 4. The summed E-state index contributed by atoms with van der Waals surface area (Å²) in [5.41, 5.74) is 3.13. The van der Waals surface area contributed by atoms with Gasteiger partial charge in [-0.2, -0.15) is 5.10 Å². The summed E-state index contributed by atoms with van der Waals surface area (Å²) in [5.74, 6) is 0.435. The smallest absolute Gasteiger partial charge is 0.222 e. The van der Waals surface area contributed by atoms with Crippen molar-refractivity contribution in [2.24, 2.45) is 5.92 Å². The summed E-state index contributed by atoms with van der Waals surface area (Å²) < 4.78 is 0. The molecule has 5 nitrogen and oxygen atoms in total. The molecule has 3 rings (SSSR count). The predicted octanol–water partition coefficient (Wildman–Crippen LogP) is 3.34. The number of carbonyl (C=O) groups is 1. The quantitative estimate of drug-likeness (QED) is 0.908. The minimum absolute atomic E-state index is 0.0817. The summed E-state index contributed by atoms with van der Waals surface area (Å²) in [5, 5.41) is 13.3. The Morgan fingerprint density at radius 3 is 3.09 bits per heavy atom. The second-order valence-corrected chi connectivity index (χ2v) is 6.90. The first-order valence-corrected chi connectivity index (χ1v) is 8.33. The number of aromatic nitrogens is 2. The van der Waals surface area contributed by atoms with Crippen molar-refractivity contribution in [2.45, 2.75) is 32.7 Å². The number of carbonyl (C=O) groups excluding carboxylic acids is 1. The number of fused-ring (bicyclic) bond motifs is 1. The van der Waals surface area contributed by atoms with E-state index in [1.54, 1.807) is 11.8 Å². The van der Waals surface area contributed by atoms with E-state index in [4.69, 9.17) is 0 Å². The van der Waals surface area contributed by atoms with Gasteiger partial charge in [-0.1, -0.05) is 31.7 Å². The van der Waals surface area contributed by atoms with Gasteiger partial charge in [-0.25, -0.2) is 0 Å². The van der Waals surface area contributed by atoms with Gasteiger partial charge in [0, 0.05) is 18.0 Å². The number of H-pyrrole nitrogens is 1. The van der Waals surface area contributed by atoms with Crippen LogP contribution in [0.5, 0.6) is 0 Å². The molecule has 2 heterocycles. The maximum absolute atomic E-state index is 12.1. The molecule has 1 aliphatic heterocycles. The third-order valence-electron chi connectivity index (χ3n) is 3.62. The molecule has 0 fully saturated rings. The van der Waals surface area contributed by atoms with Gasteiger partial charge in [-0.15, -0.1) is 0 Å². The lowest BCUT2D eigenvalue weighted by Gasteiger charge is -2.27. The fourth-order valence-corrected chi connectivity index (χ4v) is 3.49. The molecule has 1 unspecified atom stereocenters. The van der Waals surface area contributed by atoms with Gasteiger partial charge in [0.05, 0.1) is 17.4 Å². The summed E-state index contributed by atoms with van der Waals surface area (Å²) in [6.45, 7) is 6.17. The molecular weight excluding hydrogens is 296 g/mol. The van der Waals surface area contributed by atoms with Gasteiger partial charge in [0.15, 0.2) is 5.50 Å². The van der Waals surface area contributed by atoms with Crippen LogP contribution in [0, 0.1) is 12.8 Å². The van der Waals surface area contributed by atoms with E-state index >= 15 is 0 Å². The number of aryl methyl sites for hydroxylation is 1. The van der Waals surface area contributed by atoms with Crippen LogP contribution in [-0.2, 0) is 4.79 Å². The predicted molar refractivity (Wildman–Crippen MR) is 91.4 cm³/mol. The lowest BCUT2D eigenvalue weighted by Crippen LogP contribution is -2.42. The molecule has 6 heteroatoms. The van der Waals surface area contributed by atoms with Gasteiger partial charge in [-0.3, -0.25) is 9.89 Å². The second-order valence-electron chi connectivity index (χ2n) is 5.91. The monoisotopic (exact) mass is 316 g/mol. The summed E-state index contributed by atoms with van der Waals surface area (Å²) in [7, 11) is 0. The zero-order chi connectivity index (χ0) is 15.7. The molecule has 1 atom stereocenters. The molecule has 0 bridgehead atoms. The minimum atomic E-state index is -0.106. The molecule has 0 spiro atoms. The van der Waals surface area contributed by atoms with Crippen molar-refractivity contribution in [1.29, 1.82) is 0 Å². The van der Waals surface area contributed by atoms with E-state index in [0.717, 1.165) is 22.2 Å². The van der Waals surface area contributed by atoms with Crippen LogP contribution in [0.15, 0.2) is 29.9 Å². The van der Waals surface area contributed by atoms with Crippen LogP contribution in [0.1, 0.15) is 25.8 Å². The van der Waals surface area contributed by atoms with Gasteiger partial charge >= 0.3 is 0 Å². The number of benzene rings is 1. The molecule has 22 heavy (non-hydrogen) atoms. The third kappa shape index (κ3) is 2.83. The maximum atomic E-state index is 12.1. The van der Waals surface area contributed by atoms with Crippen LogP contribution in [0.3, 0.4) is 0 Å². The van der Waals surface area contributed by atoms with E-state index in [0.29, 0.717) is 12.3 Å². The number of hydrogen-bond donors (Lipinski definition) is 2. The highest BCUT2D eigenvalue weighted by atomic mass is 32.2. The Hall–Kier alpha value is -1.95. The van der Waals surface area contributed by atoms with Crippen LogP contribution in [0.4, 0.5) is 5.69 Å². The Morgan fingerprint density at radius 1 is 1.50 bits per heavy atom. The summed E-state index contributed by atoms with van der Waals surface area (Å²) in [4.78, 5) is 14.2. The molecule has 1 aromatic heterocycles. The van der Waals surface area contributed by atoms with E-state index in [2.05, 4.69) is 33.4 Å². The molecule has 2 N–H and O–H groups in total. The van der Waals surface area contributed by atoms with E-state index in [9.17, 15) is 4.79 Å². The van der Waals surface area contributed by atoms with Crippen LogP contribution in [0.25, 0.3) is 10.9 Å². The average Bonchev–Trinajstić information content (AvgIpc) is 3.07. The average molecular weight is 316 g/mol. The first kappa shape index (κ1) is 15.0. The summed E-state index contributed by atoms with van der Waals surface area (Å²) in [6.07, 6.45) is 4.39. The molecular formula is C16H20N4OS. The second kappa shape index (κ2) is 6.04. The van der Waals surface area contributed by atoms with E-state index in [1.165, 1.54) is 0 Å². The molecule has 0 saturated heterocycles. The molecule has 0 aliphatic carbocycles.